The van der Waals surface area contributed by atoms with Crippen LogP contribution >= 0.6 is 0 Å². The van der Waals surface area contributed by atoms with Gasteiger partial charge in [0.05, 0.1) is 32.7 Å². The Labute approximate surface area is 213 Å². The fourth-order valence-electron chi connectivity index (χ4n) is 3.86. The lowest BCUT2D eigenvalue weighted by molar-refractivity contribution is -0.172. The van der Waals surface area contributed by atoms with E-state index < -0.39 is 41.9 Å². The van der Waals surface area contributed by atoms with Gasteiger partial charge in [-0.25, -0.2) is 0 Å². The smallest absolute Gasteiger partial charge is 0.320 e. The van der Waals surface area contributed by atoms with Gasteiger partial charge in [0.2, 0.25) is 0 Å². The van der Waals surface area contributed by atoms with E-state index in [1.165, 1.54) is 6.92 Å². The molecule has 0 amide bonds. The van der Waals surface area contributed by atoms with E-state index >= 15 is 0 Å². The van der Waals surface area contributed by atoms with E-state index in [1.54, 1.807) is 0 Å². The highest BCUT2D eigenvalue weighted by molar-refractivity contribution is 6.07. The maximum absolute atomic E-state index is 13.3. The van der Waals surface area contributed by atoms with Gasteiger partial charge in [-0.2, -0.15) is 0 Å². The summed E-state index contributed by atoms with van der Waals surface area (Å²) in [6, 6.07) is 0. The predicted octanol–water partition coefficient (Wildman–Crippen LogP) is 6.20. The Kier molecular flexibility index (Phi) is 18.2. The Morgan fingerprint density at radius 3 is 1.54 bits per heavy atom. The summed E-state index contributed by atoms with van der Waals surface area (Å²) in [7, 11) is 0. The average Bonchev–Trinajstić information content (AvgIpc) is 2.83. The third-order valence-electron chi connectivity index (χ3n) is 6.73. The number of unbranched alkanes of at least 4 members (excludes halogenated alkanes) is 3. The number of hydrogen-bond acceptors (Lipinski definition) is 7. The first-order valence-electron chi connectivity index (χ1n) is 13.7. The molecule has 0 fully saturated rings. The molecule has 0 aliphatic heterocycles. The van der Waals surface area contributed by atoms with E-state index in [0.717, 1.165) is 57.8 Å². The van der Waals surface area contributed by atoms with E-state index in [1.807, 2.05) is 20.8 Å². The first kappa shape index (κ1) is 33.1. The third-order valence-corrected chi connectivity index (χ3v) is 6.73. The molecule has 0 aromatic carbocycles. The topological polar surface area (TPSA) is 96.0 Å². The highest BCUT2D eigenvalue weighted by atomic mass is 16.5. The summed E-state index contributed by atoms with van der Waals surface area (Å²) in [4.78, 5) is 51.5. The van der Waals surface area contributed by atoms with E-state index in [0.29, 0.717) is 6.42 Å². The fraction of sp³-hybridized carbons (Fsp3) is 0.857. The number of carbonyl (C=O) groups excluding carboxylic acids is 4. The van der Waals surface area contributed by atoms with Gasteiger partial charge in [0.15, 0.2) is 0 Å². The lowest BCUT2D eigenvalue weighted by atomic mass is 9.77. The summed E-state index contributed by atoms with van der Waals surface area (Å²) in [6.45, 7) is 12.0. The Bertz CT molecular complexity index is 631. The average molecular weight is 499 g/mol. The highest BCUT2D eigenvalue weighted by Crippen LogP contribution is 2.32. The molecule has 0 radical (unpaired) electrons. The van der Waals surface area contributed by atoms with Crippen molar-refractivity contribution in [3.8, 4) is 0 Å². The van der Waals surface area contributed by atoms with Gasteiger partial charge in [0.1, 0.15) is 11.2 Å². The molecule has 7 heteroatoms. The lowest BCUT2D eigenvalue weighted by Gasteiger charge is -2.28. The van der Waals surface area contributed by atoms with Crippen LogP contribution in [0.5, 0.6) is 0 Å². The van der Waals surface area contributed by atoms with E-state index in [2.05, 4.69) is 13.8 Å². The van der Waals surface area contributed by atoms with Gasteiger partial charge in [0.25, 0.3) is 0 Å². The van der Waals surface area contributed by atoms with Crippen molar-refractivity contribution in [3.05, 3.63) is 0 Å². The van der Waals surface area contributed by atoms with Crippen molar-refractivity contribution < 1.29 is 33.4 Å². The van der Waals surface area contributed by atoms with Gasteiger partial charge < -0.3 is 14.2 Å². The van der Waals surface area contributed by atoms with Crippen molar-refractivity contribution in [3.63, 3.8) is 0 Å². The largest absolute Gasteiger partial charge is 0.466 e. The molecule has 0 aromatic heterocycles. The molecule has 0 aliphatic rings. The third kappa shape index (κ3) is 13.1. The minimum Gasteiger partial charge on any atom is -0.466 e. The molecule has 0 saturated heterocycles. The molecule has 3 atom stereocenters. The number of rotatable bonds is 21. The fourth-order valence-corrected chi connectivity index (χ4v) is 3.86. The van der Waals surface area contributed by atoms with Gasteiger partial charge in [-0.05, 0) is 38.0 Å². The van der Waals surface area contributed by atoms with E-state index in [4.69, 9.17) is 14.2 Å². The maximum Gasteiger partial charge on any atom is 0.320 e. The Morgan fingerprint density at radius 1 is 0.657 bits per heavy atom. The monoisotopic (exact) mass is 498 g/mol. The van der Waals surface area contributed by atoms with Gasteiger partial charge in [-0.15, -0.1) is 0 Å². The number of Topliss-reactive ketones (excluding diaryl/α,β-unsaturated/α-hetero) is 1. The predicted molar refractivity (Wildman–Crippen MR) is 137 cm³/mol. The van der Waals surface area contributed by atoms with Gasteiger partial charge in [0, 0.05) is 0 Å². The zero-order chi connectivity index (χ0) is 26.7. The standard InChI is InChI=1S/C28H50O7/c1-7-12-15-23(10-4)20-34-26(31)19-28(22(6)29,18-25(30)33-17-14-9-3)27(32)35-21-24(11-5)16-13-8-2/h23-24H,7-21H2,1-6H3. The van der Waals surface area contributed by atoms with Crippen LogP contribution in [-0.2, 0) is 33.4 Å². The van der Waals surface area contributed by atoms with Gasteiger partial charge >= 0.3 is 17.9 Å². The summed E-state index contributed by atoms with van der Waals surface area (Å²) >= 11 is 0. The number of ketones is 1. The normalized spacial score (nSPS) is 14.5. The number of esters is 3. The van der Waals surface area contributed by atoms with Crippen molar-refractivity contribution in [2.45, 2.75) is 119 Å². The molecule has 0 bridgehead atoms. The van der Waals surface area contributed by atoms with E-state index in [-0.39, 0.29) is 31.7 Å². The minimum absolute atomic E-state index is 0.152. The molecule has 0 heterocycles. The van der Waals surface area contributed by atoms with Crippen LogP contribution in [-0.4, -0.2) is 43.5 Å². The minimum atomic E-state index is -1.94. The number of ether oxygens (including phenoxy) is 3. The van der Waals surface area contributed by atoms with Crippen molar-refractivity contribution in [2.24, 2.45) is 17.3 Å². The zero-order valence-electron chi connectivity index (χ0n) is 23.1. The molecule has 0 rings (SSSR count). The molecule has 0 saturated carbocycles. The van der Waals surface area contributed by atoms with Crippen molar-refractivity contribution >= 4 is 23.7 Å². The van der Waals surface area contributed by atoms with Crippen molar-refractivity contribution in [1.29, 1.82) is 0 Å². The quantitative estimate of drug-likeness (QED) is 0.0804. The molecule has 35 heavy (non-hydrogen) atoms. The molecule has 7 nitrogen and oxygen atoms in total. The van der Waals surface area contributed by atoms with Crippen LogP contribution in [0.15, 0.2) is 0 Å². The van der Waals surface area contributed by atoms with Crippen LogP contribution in [0.1, 0.15) is 119 Å². The van der Waals surface area contributed by atoms with Crippen LogP contribution in [0, 0.1) is 17.3 Å². The Hall–Kier alpha value is -1.92. The Balaban J connectivity index is 5.56. The van der Waals surface area contributed by atoms with E-state index in [9.17, 15) is 19.2 Å². The number of carbonyl (C=O) groups is 4. The SMILES string of the molecule is CCCCOC(=O)CC(CC(=O)OCC(CC)CCCC)(C(C)=O)C(=O)OCC(CC)CCCC. The first-order chi connectivity index (χ1) is 16.7. The second-order valence-electron chi connectivity index (χ2n) is 9.68. The van der Waals surface area contributed by atoms with Crippen LogP contribution in [0.3, 0.4) is 0 Å². The maximum atomic E-state index is 13.3. The highest BCUT2D eigenvalue weighted by Gasteiger charge is 2.49. The molecule has 0 N–H and O–H groups in total. The molecule has 3 unspecified atom stereocenters. The molecule has 0 aromatic rings. The molecule has 204 valence electrons. The molecular weight excluding hydrogens is 448 g/mol. The molecule has 0 aliphatic carbocycles. The summed E-state index contributed by atoms with van der Waals surface area (Å²) in [5.74, 6) is -2.41. The van der Waals surface area contributed by atoms with Gasteiger partial charge in [-0.3, -0.25) is 19.2 Å². The molecular formula is C28H50O7. The summed E-state index contributed by atoms with van der Waals surface area (Å²) < 4.78 is 16.3. The van der Waals surface area contributed by atoms with Crippen LogP contribution in [0.4, 0.5) is 0 Å². The summed E-state index contributed by atoms with van der Waals surface area (Å²) in [5.41, 5.74) is -1.94. The summed E-state index contributed by atoms with van der Waals surface area (Å²) in [6.07, 6.45) is 8.16. The first-order valence-corrected chi connectivity index (χ1v) is 13.7. The van der Waals surface area contributed by atoms with Crippen LogP contribution in [0.25, 0.3) is 0 Å². The zero-order valence-corrected chi connectivity index (χ0v) is 23.1. The van der Waals surface area contributed by atoms with Gasteiger partial charge in [-0.1, -0.05) is 79.6 Å². The van der Waals surface area contributed by atoms with Crippen LogP contribution in [0.2, 0.25) is 0 Å². The Morgan fingerprint density at radius 2 is 1.11 bits per heavy atom. The van der Waals surface area contributed by atoms with Crippen molar-refractivity contribution in [2.75, 3.05) is 19.8 Å². The lowest BCUT2D eigenvalue weighted by Crippen LogP contribution is -2.44. The summed E-state index contributed by atoms with van der Waals surface area (Å²) in [5, 5.41) is 0. The van der Waals surface area contributed by atoms with Crippen LogP contribution < -0.4 is 0 Å². The second kappa shape index (κ2) is 19.3. The second-order valence-corrected chi connectivity index (χ2v) is 9.68. The van der Waals surface area contributed by atoms with Crippen molar-refractivity contribution in [1.82, 2.24) is 0 Å². The number of hydrogen-bond donors (Lipinski definition) is 0. The molecule has 0 spiro atoms.